The third kappa shape index (κ3) is 2.54. The molecule has 3 aliphatic rings. The van der Waals surface area contributed by atoms with Crippen molar-refractivity contribution >= 4 is 21.9 Å². The summed E-state index contributed by atoms with van der Waals surface area (Å²) in [6.45, 7) is 5.29. The third-order valence-electron chi connectivity index (χ3n) is 6.04. The van der Waals surface area contributed by atoms with Crippen molar-refractivity contribution in [2.75, 3.05) is 26.7 Å². The molecule has 0 radical (unpaired) electrons. The smallest absolute Gasteiger partial charge is 0.312 e. The van der Waals surface area contributed by atoms with Crippen molar-refractivity contribution in [2.45, 2.75) is 56.3 Å². The Morgan fingerprint density at radius 1 is 1.30 bits per heavy atom. The maximum absolute atomic E-state index is 12.2. The molecule has 0 spiro atoms. The number of ether oxygens (including phenoxy) is 1. The van der Waals surface area contributed by atoms with Crippen molar-refractivity contribution in [3.63, 3.8) is 0 Å². The predicted molar refractivity (Wildman–Crippen MR) is 82.7 cm³/mol. The van der Waals surface area contributed by atoms with E-state index in [4.69, 9.17) is 4.74 Å². The second-order valence-corrected chi connectivity index (χ2v) is 8.68. The zero-order chi connectivity index (χ0) is 14.4. The number of esters is 1. The van der Waals surface area contributed by atoms with Crippen LogP contribution in [0.2, 0.25) is 0 Å². The molecule has 3 fully saturated rings. The molecule has 3 rings (SSSR count). The second kappa shape index (κ2) is 5.28. The van der Waals surface area contributed by atoms with Gasteiger partial charge in [-0.15, -0.1) is 0 Å². The van der Waals surface area contributed by atoms with Crippen LogP contribution < -0.4 is 0 Å². The predicted octanol–water partition coefficient (Wildman–Crippen LogP) is 3.11. The summed E-state index contributed by atoms with van der Waals surface area (Å²) in [5.41, 5.74) is -0.251. The van der Waals surface area contributed by atoms with Gasteiger partial charge in [-0.25, -0.2) is 0 Å². The van der Waals surface area contributed by atoms with E-state index >= 15 is 0 Å². The molecule has 1 aliphatic carbocycles. The monoisotopic (exact) mass is 344 g/mol. The fraction of sp³-hybridized carbons (Fsp3) is 0.938. The van der Waals surface area contributed by atoms with Gasteiger partial charge in [-0.3, -0.25) is 4.79 Å². The van der Waals surface area contributed by atoms with Crippen LogP contribution in [0.1, 0.15) is 45.4 Å². The van der Waals surface area contributed by atoms with Crippen LogP contribution >= 0.6 is 15.9 Å². The minimum Gasteiger partial charge on any atom is -0.465 e. The Morgan fingerprint density at radius 3 is 2.70 bits per heavy atom. The summed E-state index contributed by atoms with van der Waals surface area (Å²) < 4.78 is 6.92. The van der Waals surface area contributed by atoms with Crippen LogP contribution in [0.5, 0.6) is 0 Å². The first-order valence-electron chi connectivity index (χ1n) is 8.11. The SMILES string of the molecule is CC1(C(=O)OCC2CCC[N+]3(C)CCCCC23)CC1Br. The molecule has 20 heavy (non-hydrogen) atoms. The fourth-order valence-electron chi connectivity index (χ4n) is 4.30. The summed E-state index contributed by atoms with van der Waals surface area (Å²) in [7, 11) is 2.41. The molecule has 2 saturated heterocycles. The van der Waals surface area contributed by atoms with E-state index < -0.39 is 0 Å². The summed E-state index contributed by atoms with van der Waals surface area (Å²) in [5, 5.41) is 0. The van der Waals surface area contributed by atoms with E-state index in [1.54, 1.807) is 0 Å². The number of quaternary nitrogens is 1. The van der Waals surface area contributed by atoms with Gasteiger partial charge in [0.15, 0.2) is 0 Å². The van der Waals surface area contributed by atoms with Crippen molar-refractivity contribution < 1.29 is 14.0 Å². The number of hydrogen-bond acceptors (Lipinski definition) is 2. The molecule has 4 heteroatoms. The molecule has 2 aliphatic heterocycles. The van der Waals surface area contributed by atoms with E-state index in [-0.39, 0.29) is 11.4 Å². The lowest BCUT2D eigenvalue weighted by molar-refractivity contribution is -0.947. The third-order valence-corrected chi connectivity index (χ3v) is 7.37. The average Bonchev–Trinajstić information content (AvgIpc) is 3.04. The van der Waals surface area contributed by atoms with Crippen molar-refractivity contribution in [2.24, 2.45) is 11.3 Å². The van der Waals surface area contributed by atoms with Gasteiger partial charge < -0.3 is 9.22 Å². The summed E-state index contributed by atoms with van der Waals surface area (Å²) in [6, 6.07) is 0.720. The molecule has 0 amide bonds. The Labute approximate surface area is 130 Å². The number of rotatable bonds is 3. The number of piperidine rings is 2. The molecule has 0 aromatic heterocycles. The molecule has 0 aromatic rings. The number of alkyl halides is 1. The highest BCUT2D eigenvalue weighted by Crippen LogP contribution is 2.52. The maximum Gasteiger partial charge on any atom is 0.312 e. The van der Waals surface area contributed by atoms with Gasteiger partial charge in [-0.05, 0) is 39.0 Å². The van der Waals surface area contributed by atoms with Crippen molar-refractivity contribution in [1.29, 1.82) is 0 Å². The first-order chi connectivity index (χ1) is 9.46. The van der Waals surface area contributed by atoms with Gasteiger partial charge in [0.1, 0.15) is 0 Å². The number of halogens is 1. The Balaban J connectivity index is 1.58. The molecule has 0 bridgehead atoms. The first kappa shape index (κ1) is 14.8. The van der Waals surface area contributed by atoms with Crippen LogP contribution in [0.15, 0.2) is 0 Å². The minimum absolute atomic E-state index is 0.00922. The second-order valence-electron chi connectivity index (χ2n) is 7.58. The molecular formula is C16H27BrNO2+. The van der Waals surface area contributed by atoms with E-state index in [0.29, 0.717) is 17.4 Å². The van der Waals surface area contributed by atoms with E-state index in [0.717, 1.165) is 12.5 Å². The molecule has 1 saturated carbocycles. The molecule has 0 aromatic carbocycles. The van der Waals surface area contributed by atoms with Crippen LogP contribution in [0.3, 0.4) is 0 Å². The molecule has 2 heterocycles. The number of carbonyl (C=O) groups is 1. The Kier molecular flexibility index (Phi) is 3.91. The normalized spacial score (nSPS) is 47.5. The van der Waals surface area contributed by atoms with Crippen LogP contribution in [0.25, 0.3) is 0 Å². The number of fused-ring (bicyclic) bond motifs is 1. The topological polar surface area (TPSA) is 26.3 Å². The molecule has 5 atom stereocenters. The Hall–Kier alpha value is -0.0900. The fourth-order valence-corrected chi connectivity index (χ4v) is 5.16. The van der Waals surface area contributed by atoms with E-state index in [9.17, 15) is 4.79 Å². The van der Waals surface area contributed by atoms with E-state index in [1.165, 1.54) is 49.7 Å². The molecule has 0 N–H and O–H groups in total. The zero-order valence-corrected chi connectivity index (χ0v) is 14.3. The van der Waals surface area contributed by atoms with Crippen LogP contribution in [0.4, 0.5) is 0 Å². The molecular weight excluding hydrogens is 318 g/mol. The summed E-state index contributed by atoms with van der Waals surface area (Å²) >= 11 is 3.53. The molecule has 3 nitrogen and oxygen atoms in total. The van der Waals surface area contributed by atoms with Crippen molar-refractivity contribution in [1.82, 2.24) is 0 Å². The van der Waals surface area contributed by atoms with Gasteiger partial charge in [0, 0.05) is 17.2 Å². The highest BCUT2D eigenvalue weighted by Gasteiger charge is 2.56. The largest absolute Gasteiger partial charge is 0.465 e. The quantitative estimate of drug-likeness (QED) is 0.446. The minimum atomic E-state index is -0.251. The van der Waals surface area contributed by atoms with Gasteiger partial charge in [0.05, 0.1) is 38.2 Å². The van der Waals surface area contributed by atoms with Crippen molar-refractivity contribution in [3.05, 3.63) is 0 Å². The van der Waals surface area contributed by atoms with Gasteiger partial charge in [0.25, 0.3) is 0 Å². The van der Waals surface area contributed by atoms with Gasteiger partial charge in [-0.1, -0.05) is 15.9 Å². The number of nitrogens with zero attached hydrogens (tertiary/aromatic N) is 1. The van der Waals surface area contributed by atoms with Gasteiger partial charge >= 0.3 is 5.97 Å². The van der Waals surface area contributed by atoms with Crippen LogP contribution in [0, 0.1) is 11.3 Å². The maximum atomic E-state index is 12.2. The first-order valence-corrected chi connectivity index (χ1v) is 9.03. The number of hydrogen-bond donors (Lipinski definition) is 0. The van der Waals surface area contributed by atoms with Gasteiger partial charge in [0.2, 0.25) is 0 Å². The summed E-state index contributed by atoms with van der Waals surface area (Å²) in [4.78, 5) is 12.5. The summed E-state index contributed by atoms with van der Waals surface area (Å²) in [5.74, 6) is 0.587. The van der Waals surface area contributed by atoms with Gasteiger partial charge in [-0.2, -0.15) is 0 Å². The average molecular weight is 345 g/mol. The van der Waals surface area contributed by atoms with E-state index in [2.05, 4.69) is 23.0 Å². The van der Waals surface area contributed by atoms with Crippen LogP contribution in [-0.2, 0) is 9.53 Å². The lowest BCUT2D eigenvalue weighted by Gasteiger charge is -2.51. The van der Waals surface area contributed by atoms with E-state index in [1.807, 2.05) is 6.92 Å². The molecule has 114 valence electrons. The zero-order valence-electron chi connectivity index (χ0n) is 12.7. The molecule has 5 unspecified atom stereocenters. The van der Waals surface area contributed by atoms with Crippen molar-refractivity contribution in [3.8, 4) is 0 Å². The Bertz CT molecular complexity index is 398. The lowest BCUT2D eigenvalue weighted by Crippen LogP contribution is -2.61. The summed E-state index contributed by atoms with van der Waals surface area (Å²) in [6.07, 6.45) is 7.48. The highest BCUT2D eigenvalue weighted by molar-refractivity contribution is 9.09. The Morgan fingerprint density at radius 2 is 2.00 bits per heavy atom. The highest BCUT2D eigenvalue weighted by atomic mass is 79.9. The lowest BCUT2D eigenvalue weighted by atomic mass is 9.82. The number of carbonyl (C=O) groups excluding carboxylic acids is 1. The standard InChI is InChI=1S/C16H27BrNO2/c1-16(10-14(16)17)15(19)20-11-12-6-5-9-18(2)8-4-3-7-13(12)18/h12-14H,3-11H2,1-2H3/q+1. The van der Waals surface area contributed by atoms with Crippen LogP contribution in [-0.4, -0.2) is 48.1 Å².